The number of hydrogen-bond acceptors (Lipinski definition) is 3. The molecule has 1 aromatic heterocycles. The number of carbonyl (C=O) groups is 1. The molecule has 1 atom stereocenters. The average molecular weight is 362 g/mol. The first-order valence-corrected chi connectivity index (χ1v) is 9.72. The normalized spacial score (nSPS) is 18.0. The number of para-hydroxylation sites is 2. The molecule has 27 heavy (non-hydrogen) atoms. The average Bonchev–Trinajstić information content (AvgIpc) is 3.13. The van der Waals surface area contributed by atoms with Crippen molar-refractivity contribution in [3.05, 3.63) is 66.1 Å². The Balaban J connectivity index is 1.47. The number of carbonyl (C=O) groups excluding carboxylic acids is 1. The zero-order valence-electron chi connectivity index (χ0n) is 16.0. The van der Waals surface area contributed by atoms with Crippen LogP contribution in [0.5, 0.6) is 0 Å². The Labute approximate surface area is 160 Å². The molecule has 0 saturated carbocycles. The Hall–Kier alpha value is -2.62. The van der Waals surface area contributed by atoms with E-state index in [2.05, 4.69) is 31.0 Å². The molecule has 0 aliphatic carbocycles. The van der Waals surface area contributed by atoms with Crippen LogP contribution in [0.15, 0.2) is 59.0 Å². The largest absolute Gasteiger partial charge is 0.440 e. The molecule has 0 bridgehead atoms. The molecular formula is C23H26N2O2. The standard InChI is InChI=1S/C23H26N2O2/c1-23(2,18-10-4-3-5-11-18)15-21(26)25-14-8-9-17(16-25)22-24-19-12-6-7-13-20(19)27-22/h3-7,10-13,17H,8-9,14-16H2,1-2H3. The summed E-state index contributed by atoms with van der Waals surface area (Å²) >= 11 is 0. The number of rotatable bonds is 4. The topological polar surface area (TPSA) is 46.3 Å². The van der Waals surface area contributed by atoms with Gasteiger partial charge < -0.3 is 9.32 Å². The van der Waals surface area contributed by atoms with Crippen molar-refractivity contribution in [2.75, 3.05) is 13.1 Å². The highest BCUT2D eigenvalue weighted by Crippen LogP contribution is 2.32. The fraction of sp³-hybridized carbons (Fsp3) is 0.391. The number of oxazole rings is 1. The molecule has 3 aromatic rings. The summed E-state index contributed by atoms with van der Waals surface area (Å²) in [5.74, 6) is 1.15. The van der Waals surface area contributed by atoms with E-state index < -0.39 is 0 Å². The van der Waals surface area contributed by atoms with E-state index >= 15 is 0 Å². The maximum atomic E-state index is 13.0. The summed E-state index contributed by atoms with van der Waals surface area (Å²) in [7, 11) is 0. The Kier molecular flexibility index (Phi) is 4.73. The minimum absolute atomic E-state index is 0.176. The van der Waals surface area contributed by atoms with Crippen LogP contribution >= 0.6 is 0 Å². The highest BCUT2D eigenvalue weighted by Gasteiger charge is 2.31. The number of fused-ring (bicyclic) bond motifs is 1. The van der Waals surface area contributed by atoms with Crippen molar-refractivity contribution in [1.29, 1.82) is 0 Å². The number of benzene rings is 2. The van der Waals surface area contributed by atoms with Crippen LogP contribution in [-0.2, 0) is 10.2 Å². The third kappa shape index (κ3) is 3.75. The van der Waals surface area contributed by atoms with Crippen molar-refractivity contribution in [2.45, 2.75) is 44.4 Å². The van der Waals surface area contributed by atoms with Crippen molar-refractivity contribution >= 4 is 17.0 Å². The first-order valence-electron chi connectivity index (χ1n) is 9.72. The van der Waals surface area contributed by atoms with E-state index in [0.29, 0.717) is 13.0 Å². The number of piperidine rings is 1. The lowest BCUT2D eigenvalue weighted by atomic mass is 9.81. The second-order valence-corrected chi connectivity index (χ2v) is 8.13. The van der Waals surface area contributed by atoms with Gasteiger partial charge in [0.25, 0.3) is 0 Å². The third-order valence-corrected chi connectivity index (χ3v) is 5.58. The monoisotopic (exact) mass is 362 g/mol. The van der Waals surface area contributed by atoms with Crippen molar-refractivity contribution < 1.29 is 9.21 Å². The molecule has 1 aliphatic heterocycles. The van der Waals surface area contributed by atoms with Gasteiger partial charge in [-0.15, -0.1) is 0 Å². The van der Waals surface area contributed by atoms with Crippen molar-refractivity contribution in [3.63, 3.8) is 0 Å². The van der Waals surface area contributed by atoms with Gasteiger partial charge >= 0.3 is 0 Å². The smallest absolute Gasteiger partial charge is 0.223 e. The van der Waals surface area contributed by atoms with E-state index in [4.69, 9.17) is 4.42 Å². The van der Waals surface area contributed by atoms with Crippen LogP contribution in [0, 0.1) is 0 Å². The SMILES string of the molecule is CC(C)(CC(=O)N1CCCC(c2nc3ccccc3o2)C1)c1ccccc1. The van der Waals surface area contributed by atoms with Crippen molar-refractivity contribution in [1.82, 2.24) is 9.88 Å². The molecular weight excluding hydrogens is 336 g/mol. The van der Waals surface area contributed by atoms with Gasteiger partial charge in [0.15, 0.2) is 11.5 Å². The van der Waals surface area contributed by atoms with Crippen LogP contribution < -0.4 is 0 Å². The summed E-state index contributed by atoms with van der Waals surface area (Å²) in [6.07, 6.45) is 2.51. The lowest BCUT2D eigenvalue weighted by Crippen LogP contribution is -2.41. The number of amides is 1. The van der Waals surface area contributed by atoms with E-state index in [1.165, 1.54) is 5.56 Å². The van der Waals surface area contributed by atoms with Gasteiger partial charge in [0.2, 0.25) is 5.91 Å². The first kappa shape index (κ1) is 17.8. The van der Waals surface area contributed by atoms with Crippen LogP contribution in [0.4, 0.5) is 0 Å². The summed E-state index contributed by atoms with van der Waals surface area (Å²) in [4.78, 5) is 19.7. The molecule has 1 unspecified atom stereocenters. The molecule has 0 spiro atoms. The molecule has 4 nitrogen and oxygen atoms in total. The van der Waals surface area contributed by atoms with Gasteiger partial charge in [0.1, 0.15) is 5.52 Å². The predicted molar refractivity (Wildman–Crippen MR) is 107 cm³/mol. The molecule has 1 amide bonds. The van der Waals surface area contributed by atoms with E-state index in [1.54, 1.807) is 0 Å². The highest BCUT2D eigenvalue weighted by atomic mass is 16.3. The minimum atomic E-state index is -0.178. The highest BCUT2D eigenvalue weighted by molar-refractivity contribution is 5.78. The summed E-state index contributed by atoms with van der Waals surface area (Å²) < 4.78 is 5.96. The predicted octanol–water partition coefficient (Wildman–Crippen LogP) is 4.90. The summed E-state index contributed by atoms with van der Waals surface area (Å²) in [6, 6.07) is 18.1. The lowest BCUT2D eigenvalue weighted by molar-refractivity contribution is -0.133. The van der Waals surface area contributed by atoms with Gasteiger partial charge in [-0.3, -0.25) is 4.79 Å². The molecule has 2 aromatic carbocycles. The van der Waals surface area contributed by atoms with E-state index in [0.717, 1.165) is 36.4 Å². The van der Waals surface area contributed by atoms with Gasteiger partial charge in [0.05, 0.1) is 5.92 Å². The third-order valence-electron chi connectivity index (χ3n) is 5.58. The summed E-state index contributed by atoms with van der Waals surface area (Å²) in [5.41, 5.74) is 2.73. The Bertz CT molecular complexity index is 897. The number of nitrogens with zero attached hydrogens (tertiary/aromatic N) is 2. The zero-order valence-corrected chi connectivity index (χ0v) is 16.0. The molecule has 2 heterocycles. The van der Waals surface area contributed by atoms with Crippen LogP contribution in [0.3, 0.4) is 0 Å². The van der Waals surface area contributed by atoms with Gasteiger partial charge in [-0.05, 0) is 36.0 Å². The molecule has 4 heteroatoms. The Morgan fingerprint density at radius 3 is 2.67 bits per heavy atom. The van der Waals surface area contributed by atoms with E-state index in [9.17, 15) is 4.79 Å². The van der Waals surface area contributed by atoms with Crippen LogP contribution in [-0.4, -0.2) is 28.9 Å². The number of likely N-dealkylation sites (tertiary alicyclic amines) is 1. The molecule has 1 fully saturated rings. The molecule has 1 aliphatic rings. The fourth-order valence-electron chi connectivity index (χ4n) is 3.95. The van der Waals surface area contributed by atoms with Crippen LogP contribution in [0.1, 0.15) is 50.5 Å². The van der Waals surface area contributed by atoms with Gasteiger partial charge in [-0.2, -0.15) is 0 Å². The van der Waals surface area contributed by atoms with E-state index in [1.807, 2.05) is 47.4 Å². The van der Waals surface area contributed by atoms with Gasteiger partial charge in [-0.25, -0.2) is 4.98 Å². The zero-order chi connectivity index (χ0) is 18.9. The van der Waals surface area contributed by atoms with Crippen molar-refractivity contribution in [2.24, 2.45) is 0 Å². The molecule has 0 N–H and O–H groups in total. The fourth-order valence-corrected chi connectivity index (χ4v) is 3.95. The second kappa shape index (κ2) is 7.18. The Morgan fingerprint density at radius 2 is 1.89 bits per heavy atom. The van der Waals surface area contributed by atoms with Crippen LogP contribution in [0.25, 0.3) is 11.1 Å². The Morgan fingerprint density at radius 1 is 1.15 bits per heavy atom. The summed E-state index contributed by atoms with van der Waals surface area (Å²) in [5, 5.41) is 0. The number of hydrogen-bond donors (Lipinski definition) is 0. The second-order valence-electron chi connectivity index (χ2n) is 8.13. The molecule has 1 saturated heterocycles. The lowest BCUT2D eigenvalue weighted by Gasteiger charge is -2.34. The molecule has 0 radical (unpaired) electrons. The number of aromatic nitrogens is 1. The maximum Gasteiger partial charge on any atom is 0.223 e. The maximum absolute atomic E-state index is 13.0. The quantitative estimate of drug-likeness (QED) is 0.663. The molecule has 140 valence electrons. The van der Waals surface area contributed by atoms with Gasteiger partial charge in [-0.1, -0.05) is 56.3 Å². The van der Waals surface area contributed by atoms with Crippen molar-refractivity contribution in [3.8, 4) is 0 Å². The van der Waals surface area contributed by atoms with Crippen LogP contribution in [0.2, 0.25) is 0 Å². The summed E-state index contributed by atoms with van der Waals surface area (Å²) in [6.45, 7) is 5.79. The minimum Gasteiger partial charge on any atom is -0.440 e. The first-order chi connectivity index (χ1) is 13.0. The van der Waals surface area contributed by atoms with E-state index in [-0.39, 0.29) is 17.2 Å². The van der Waals surface area contributed by atoms with Gasteiger partial charge in [0, 0.05) is 19.5 Å². The molecule has 4 rings (SSSR count).